The van der Waals surface area contributed by atoms with Gasteiger partial charge in [0, 0.05) is 32.1 Å². The Bertz CT molecular complexity index is 1860. The van der Waals surface area contributed by atoms with Gasteiger partial charge in [0.25, 0.3) is 5.91 Å². The van der Waals surface area contributed by atoms with Gasteiger partial charge < -0.3 is 15.0 Å². The summed E-state index contributed by atoms with van der Waals surface area (Å²) in [5.74, 6) is -3.86. The van der Waals surface area contributed by atoms with E-state index in [9.17, 15) is 32.3 Å². The number of imide groups is 1. The Balaban J connectivity index is 1.36. The molecule has 3 atom stereocenters. The smallest absolute Gasteiger partial charge is 0.416 e. The number of thioether (sulfide) groups is 1. The van der Waals surface area contributed by atoms with Crippen molar-refractivity contribution in [2.45, 2.75) is 22.4 Å². The zero-order chi connectivity index (χ0) is 31.3. The largest absolute Gasteiger partial charge is 0.483 e. The fourth-order valence-electron chi connectivity index (χ4n) is 5.20. The van der Waals surface area contributed by atoms with E-state index in [2.05, 4.69) is 10.3 Å². The number of carbonyl (C=O) groups is 3. The molecule has 3 amide bonds. The van der Waals surface area contributed by atoms with Gasteiger partial charge in [-0.05, 0) is 60.7 Å². The summed E-state index contributed by atoms with van der Waals surface area (Å²) in [4.78, 5) is 56.2. The lowest BCUT2D eigenvalue weighted by Crippen LogP contribution is -2.32. The fraction of sp³-hybridized carbons (Fsp3) is 0.172. The first-order valence-electron chi connectivity index (χ1n) is 12.8. The van der Waals surface area contributed by atoms with Gasteiger partial charge in [0.1, 0.15) is 11.0 Å². The molecule has 1 aromatic heterocycles. The monoisotopic (exact) mass is 679 g/mol. The van der Waals surface area contributed by atoms with Crippen molar-refractivity contribution in [3.63, 3.8) is 0 Å². The molecule has 6 rings (SSSR count). The Morgan fingerprint density at radius 1 is 0.977 bits per heavy atom. The number of alkyl halides is 3. The third-order valence-corrected chi connectivity index (χ3v) is 9.94. The fourth-order valence-corrected chi connectivity index (χ4v) is 8.01. The van der Waals surface area contributed by atoms with Gasteiger partial charge in [-0.25, -0.2) is 4.90 Å². The summed E-state index contributed by atoms with van der Waals surface area (Å²) in [7, 11) is 0. The number of aromatic nitrogens is 1. The van der Waals surface area contributed by atoms with Crippen LogP contribution in [0.5, 0.6) is 5.75 Å². The first kappa shape index (κ1) is 30.3. The number of ether oxygens (including phenoxy) is 1. The van der Waals surface area contributed by atoms with Crippen molar-refractivity contribution in [2.24, 2.45) is 5.92 Å². The zero-order valence-corrected chi connectivity index (χ0v) is 25.1. The van der Waals surface area contributed by atoms with Crippen LogP contribution in [-0.4, -0.2) is 34.6 Å². The van der Waals surface area contributed by atoms with E-state index in [1.807, 2.05) is 0 Å². The number of rotatable bonds is 6. The summed E-state index contributed by atoms with van der Waals surface area (Å²) in [5, 5.41) is 2.70. The highest BCUT2D eigenvalue weighted by molar-refractivity contribution is 8.00. The summed E-state index contributed by atoms with van der Waals surface area (Å²) < 4.78 is 46.3. The van der Waals surface area contributed by atoms with E-state index in [1.54, 1.807) is 24.3 Å². The van der Waals surface area contributed by atoms with Crippen molar-refractivity contribution >= 4 is 75.4 Å². The average Bonchev–Trinajstić information content (AvgIpc) is 3.47. The highest BCUT2D eigenvalue weighted by Gasteiger charge is 2.57. The predicted octanol–water partition coefficient (Wildman–Crippen LogP) is 6.58. The minimum absolute atomic E-state index is 0.167. The maximum Gasteiger partial charge on any atom is 0.416 e. The second-order valence-electron chi connectivity index (χ2n) is 9.84. The third-order valence-electron chi connectivity index (χ3n) is 7.05. The number of fused-ring (bicyclic) bond motifs is 2. The van der Waals surface area contributed by atoms with E-state index in [-0.39, 0.29) is 16.5 Å². The van der Waals surface area contributed by atoms with Gasteiger partial charge in [0.15, 0.2) is 6.61 Å². The number of thiazole rings is 1. The molecule has 226 valence electrons. The number of aromatic amines is 1. The molecule has 15 heteroatoms. The Hall–Kier alpha value is -3.78. The van der Waals surface area contributed by atoms with Crippen LogP contribution >= 0.6 is 46.3 Å². The molecule has 2 aliphatic heterocycles. The van der Waals surface area contributed by atoms with Crippen LogP contribution in [-0.2, 0) is 20.6 Å². The number of hydrogen-bond donors (Lipinski definition) is 2. The number of amides is 3. The van der Waals surface area contributed by atoms with E-state index in [4.69, 9.17) is 27.9 Å². The number of halogens is 5. The van der Waals surface area contributed by atoms with Crippen LogP contribution in [0.4, 0.5) is 24.5 Å². The number of anilines is 2. The van der Waals surface area contributed by atoms with Crippen molar-refractivity contribution in [2.75, 3.05) is 16.8 Å². The highest BCUT2D eigenvalue weighted by atomic mass is 35.5. The Morgan fingerprint density at radius 3 is 2.43 bits per heavy atom. The summed E-state index contributed by atoms with van der Waals surface area (Å²) in [6.07, 6.45) is -4.69. The molecule has 0 spiro atoms. The van der Waals surface area contributed by atoms with Gasteiger partial charge in [0.05, 0.1) is 22.2 Å². The number of nitrogens with zero attached hydrogens (tertiary/aromatic N) is 1. The second kappa shape index (κ2) is 11.6. The molecule has 0 aliphatic carbocycles. The van der Waals surface area contributed by atoms with E-state index < -0.39 is 58.0 Å². The van der Waals surface area contributed by atoms with Crippen LogP contribution in [0.3, 0.4) is 0 Å². The Kier molecular flexibility index (Phi) is 7.99. The van der Waals surface area contributed by atoms with Crippen LogP contribution in [0.15, 0.2) is 76.6 Å². The normalized spacial score (nSPS) is 19.5. The van der Waals surface area contributed by atoms with Crippen LogP contribution in [0.25, 0.3) is 0 Å². The number of H-pyrrole nitrogens is 1. The molecule has 3 heterocycles. The number of carbonyl (C=O) groups excluding carboxylic acids is 3. The summed E-state index contributed by atoms with van der Waals surface area (Å²) in [6, 6.07) is 15.0. The van der Waals surface area contributed by atoms with Gasteiger partial charge in [-0.2, -0.15) is 13.2 Å². The maximum atomic E-state index is 14.0. The van der Waals surface area contributed by atoms with Gasteiger partial charge in [0.2, 0.25) is 11.8 Å². The molecule has 0 bridgehead atoms. The molecule has 0 saturated carbocycles. The van der Waals surface area contributed by atoms with Crippen LogP contribution in [0.2, 0.25) is 10.0 Å². The number of hydrogen-bond acceptors (Lipinski definition) is 7. The molecule has 0 radical (unpaired) electrons. The van der Waals surface area contributed by atoms with Crippen LogP contribution < -0.4 is 19.8 Å². The molecule has 4 aromatic rings. The van der Waals surface area contributed by atoms with E-state index in [0.29, 0.717) is 26.2 Å². The molecule has 3 aromatic carbocycles. The van der Waals surface area contributed by atoms with E-state index in [1.165, 1.54) is 24.3 Å². The molecule has 1 saturated heterocycles. The quantitative estimate of drug-likeness (QED) is 0.223. The molecule has 8 nitrogen and oxygen atoms in total. The van der Waals surface area contributed by atoms with Gasteiger partial charge >= 0.3 is 11.0 Å². The van der Waals surface area contributed by atoms with Crippen LogP contribution in [0, 0.1) is 5.92 Å². The standard InChI is InChI=1S/C29H18Cl2F3N3O5S2/c30-14-4-7-16(8-5-14)35-20(38)12-42-19-9-6-15(31)11-18(19)21-22-24(43-25-23(21)44-28(41)36-25)27(40)37(26(22)39)17-3-1-2-13(10-17)29(32,33)34/h1-11,21-22,24H,12H2,(H,35,38)(H,36,41)/t21-,22-,24+/m0/s1. The minimum Gasteiger partial charge on any atom is -0.483 e. The van der Waals surface area contributed by atoms with Crippen LogP contribution in [0.1, 0.15) is 21.9 Å². The first-order valence-corrected chi connectivity index (χ1v) is 15.3. The van der Waals surface area contributed by atoms with Crippen molar-refractivity contribution in [3.8, 4) is 5.75 Å². The molecule has 2 aliphatic rings. The summed E-state index contributed by atoms with van der Waals surface area (Å²) >= 11 is 14.1. The van der Waals surface area contributed by atoms with Crippen molar-refractivity contribution in [1.29, 1.82) is 0 Å². The minimum atomic E-state index is -4.69. The average molecular weight is 681 g/mol. The second-order valence-corrected chi connectivity index (χ2v) is 12.9. The summed E-state index contributed by atoms with van der Waals surface area (Å²) in [6.45, 7) is -0.438. The lowest BCUT2D eigenvalue weighted by molar-refractivity contribution is -0.137. The van der Waals surface area contributed by atoms with E-state index in [0.717, 1.165) is 46.2 Å². The lowest BCUT2D eigenvalue weighted by Gasteiger charge is -2.31. The molecule has 44 heavy (non-hydrogen) atoms. The van der Waals surface area contributed by atoms with Gasteiger partial charge in [-0.1, -0.05) is 52.4 Å². The van der Waals surface area contributed by atoms with Crippen molar-refractivity contribution < 1.29 is 32.3 Å². The molecule has 0 unspecified atom stereocenters. The third kappa shape index (κ3) is 5.72. The predicted molar refractivity (Wildman–Crippen MR) is 161 cm³/mol. The SMILES string of the molecule is O=C(COc1ccc(Cl)cc1[C@@H]1c2sc(=O)[nH]c2S[C@H]2C(=O)N(c3cccc(C(F)(F)F)c3)C(=O)[C@@H]12)Nc1ccc(Cl)cc1. The number of benzene rings is 3. The molecule has 1 fully saturated rings. The molecular formula is C29H18Cl2F3N3O5S2. The zero-order valence-electron chi connectivity index (χ0n) is 22.0. The van der Waals surface area contributed by atoms with Crippen molar-refractivity contribution in [3.05, 3.63) is 102 Å². The Labute approximate surface area is 265 Å². The number of nitrogens with one attached hydrogen (secondary N) is 2. The first-order chi connectivity index (χ1) is 20.9. The topological polar surface area (TPSA) is 109 Å². The van der Waals surface area contributed by atoms with Gasteiger partial charge in [-0.15, -0.1) is 0 Å². The van der Waals surface area contributed by atoms with Gasteiger partial charge in [-0.3, -0.25) is 19.2 Å². The van der Waals surface area contributed by atoms with Crippen molar-refractivity contribution in [1.82, 2.24) is 4.98 Å². The highest BCUT2D eigenvalue weighted by Crippen LogP contribution is 2.55. The maximum absolute atomic E-state index is 14.0. The summed E-state index contributed by atoms with van der Waals surface area (Å²) in [5.41, 5.74) is -0.420. The molecule has 2 N–H and O–H groups in total. The Morgan fingerprint density at radius 2 is 1.70 bits per heavy atom. The molecular weight excluding hydrogens is 662 g/mol. The lowest BCUT2D eigenvalue weighted by atomic mass is 9.82. The van der Waals surface area contributed by atoms with E-state index >= 15 is 0 Å².